The van der Waals surface area contributed by atoms with Gasteiger partial charge in [0.15, 0.2) is 0 Å². The van der Waals surface area contributed by atoms with E-state index in [9.17, 15) is 0 Å². The lowest BCUT2D eigenvalue weighted by Crippen LogP contribution is -2.51. The smallest absolute Gasteiger partial charge is 0.344 e. The van der Waals surface area contributed by atoms with Crippen LogP contribution >= 0.6 is 0 Å². The second-order valence-corrected chi connectivity index (χ2v) is 11.4. The summed E-state index contributed by atoms with van der Waals surface area (Å²) >= 11 is 0. The molecule has 132 valence electrons. The lowest BCUT2D eigenvalue weighted by Gasteiger charge is -2.39. The summed E-state index contributed by atoms with van der Waals surface area (Å²) in [4.78, 5) is 0. The molecule has 0 saturated heterocycles. The van der Waals surface area contributed by atoms with Crippen LogP contribution < -0.4 is 0 Å². The van der Waals surface area contributed by atoms with Crippen LogP contribution in [0.2, 0.25) is 11.1 Å². The molecule has 1 aliphatic heterocycles. The molecule has 0 amide bonds. The maximum Gasteiger partial charge on any atom is 0.344 e. The fourth-order valence-electron chi connectivity index (χ4n) is 3.40. The molecule has 0 bridgehead atoms. The maximum atomic E-state index is 6.72. The number of benzene rings is 1. The summed E-state index contributed by atoms with van der Waals surface area (Å²) in [5.41, 5.74) is 2.21. The van der Waals surface area contributed by atoms with E-state index in [1.54, 1.807) is 0 Å². The minimum Gasteiger partial charge on any atom is -0.387 e. The lowest BCUT2D eigenvalue weighted by atomic mass is 10.1. The van der Waals surface area contributed by atoms with Crippen LogP contribution in [0.25, 0.3) is 0 Å². The highest BCUT2D eigenvalue weighted by Gasteiger charge is 2.48. The van der Waals surface area contributed by atoms with Gasteiger partial charge < -0.3 is 8.85 Å². The predicted octanol–water partition coefficient (Wildman–Crippen LogP) is 5.80. The SMILES string of the molecule is C/C=C/[C@H]1C=C[C@H](CCc2ccccc2)O[Si](C(C)C)(C(C)C)O1. The van der Waals surface area contributed by atoms with Gasteiger partial charge in [-0.3, -0.25) is 0 Å². The Kier molecular flexibility index (Phi) is 7.02. The maximum absolute atomic E-state index is 6.72. The Morgan fingerprint density at radius 2 is 1.67 bits per heavy atom. The topological polar surface area (TPSA) is 18.5 Å². The van der Waals surface area contributed by atoms with E-state index in [0.717, 1.165) is 12.8 Å². The molecule has 1 heterocycles. The number of hydrogen-bond acceptors (Lipinski definition) is 2. The van der Waals surface area contributed by atoms with Crippen molar-refractivity contribution in [3.63, 3.8) is 0 Å². The van der Waals surface area contributed by atoms with Gasteiger partial charge in [-0.05, 0) is 36.4 Å². The Morgan fingerprint density at radius 3 is 2.25 bits per heavy atom. The molecule has 0 fully saturated rings. The second kappa shape index (κ2) is 8.79. The molecule has 0 radical (unpaired) electrons. The Hall–Kier alpha value is -1.16. The fourth-order valence-corrected chi connectivity index (χ4v) is 7.13. The number of rotatable bonds is 6. The van der Waals surface area contributed by atoms with Crippen LogP contribution in [0, 0.1) is 0 Å². The van der Waals surface area contributed by atoms with E-state index in [1.165, 1.54) is 5.56 Å². The van der Waals surface area contributed by atoms with Gasteiger partial charge in [0.05, 0.1) is 12.2 Å². The Morgan fingerprint density at radius 1 is 1.00 bits per heavy atom. The van der Waals surface area contributed by atoms with Gasteiger partial charge in [0.1, 0.15) is 0 Å². The van der Waals surface area contributed by atoms with Crippen LogP contribution in [0.4, 0.5) is 0 Å². The first-order valence-corrected chi connectivity index (χ1v) is 11.2. The summed E-state index contributed by atoms with van der Waals surface area (Å²) in [6.07, 6.45) is 10.8. The Balaban J connectivity index is 2.19. The van der Waals surface area contributed by atoms with E-state index in [2.05, 4.69) is 82.3 Å². The average Bonchev–Trinajstić information content (AvgIpc) is 2.75. The Labute approximate surface area is 148 Å². The van der Waals surface area contributed by atoms with Gasteiger partial charge in [-0.2, -0.15) is 0 Å². The lowest BCUT2D eigenvalue weighted by molar-refractivity contribution is 0.122. The van der Waals surface area contributed by atoms with Crippen molar-refractivity contribution in [1.82, 2.24) is 0 Å². The summed E-state index contributed by atoms with van der Waals surface area (Å²) in [7, 11) is -2.30. The van der Waals surface area contributed by atoms with Gasteiger partial charge >= 0.3 is 8.56 Å². The van der Waals surface area contributed by atoms with Gasteiger partial charge in [-0.1, -0.05) is 82.3 Å². The first-order chi connectivity index (χ1) is 11.5. The molecule has 2 rings (SSSR count). The molecule has 24 heavy (non-hydrogen) atoms. The standard InChI is InChI=1S/C21H32O2Si/c1-6-10-20-15-16-21(14-13-19-11-8-7-9-12-19)23-24(22-20,17(2)3)18(4)5/h6-12,15-18,20-21H,13-14H2,1-5H3/b10-6+/t20-,21-/m0/s1. The van der Waals surface area contributed by atoms with E-state index in [4.69, 9.17) is 8.85 Å². The number of hydrogen-bond donors (Lipinski definition) is 0. The first kappa shape index (κ1) is 19.2. The van der Waals surface area contributed by atoms with E-state index >= 15 is 0 Å². The third kappa shape index (κ3) is 4.68. The molecule has 0 spiro atoms. The molecule has 1 aromatic carbocycles. The van der Waals surface area contributed by atoms with Crippen molar-refractivity contribution in [3.8, 4) is 0 Å². The van der Waals surface area contributed by atoms with Crippen molar-refractivity contribution < 1.29 is 8.85 Å². The largest absolute Gasteiger partial charge is 0.387 e. The fraction of sp³-hybridized carbons (Fsp3) is 0.524. The zero-order valence-electron chi connectivity index (χ0n) is 15.7. The van der Waals surface area contributed by atoms with Crippen LogP contribution in [0.3, 0.4) is 0 Å². The summed E-state index contributed by atoms with van der Waals surface area (Å²) in [5.74, 6) is 0. The van der Waals surface area contributed by atoms with Crippen molar-refractivity contribution in [2.75, 3.05) is 0 Å². The molecule has 2 atom stereocenters. The highest BCUT2D eigenvalue weighted by atomic mass is 28.4. The van der Waals surface area contributed by atoms with Crippen LogP contribution in [0.1, 0.15) is 46.6 Å². The van der Waals surface area contributed by atoms with Crippen LogP contribution in [-0.2, 0) is 15.3 Å². The quantitative estimate of drug-likeness (QED) is 0.480. The van der Waals surface area contributed by atoms with E-state index in [0.29, 0.717) is 11.1 Å². The van der Waals surface area contributed by atoms with Gasteiger partial charge in [0, 0.05) is 0 Å². The third-order valence-electron chi connectivity index (χ3n) is 4.72. The van der Waals surface area contributed by atoms with Crippen molar-refractivity contribution in [3.05, 3.63) is 60.2 Å². The highest BCUT2D eigenvalue weighted by Crippen LogP contribution is 2.39. The average molecular weight is 345 g/mol. The Bertz CT molecular complexity index is 540. The molecule has 2 nitrogen and oxygen atoms in total. The predicted molar refractivity (Wildman–Crippen MR) is 104 cm³/mol. The molecule has 0 unspecified atom stereocenters. The third-order valence-corrected chi connectivity index (χ3v) is 9.25. The molecule has 0 aliphatic carbocycles. The molecule has 0 saturated carbocycles. The molecule has 0 aromatic heterocycles. The summed E-state index contributed by atoms with van der Waals surface area (Å²) in [5, 5.41) is 0. The van der Waals surface area contributed by atoms with Crippen LogP contribution in [0.15, 0.2) is 54.6 Å². The van der Waals surface area contributed by atoms with Gasteiger partial charge in [0.2, 0.25) is 0 Å². The molecule has 3 heteroatoms. The summed E-state index contributed by atoms with van der Waals surface area (Å²) in [6.45, 7) is 11.0. The zero-order chi connectivity index (χ0) is 17.6. The van der Waals surface area contributed by atoms with E-state index in [1.807, 2.05) is 6.92 Å². The summed E-state index contributed by atoms with van der Waals surface area (Å²) < 4.78 is 13.3. The van der Waals surface area contributed by atoms with Crippen molar-refractivity contribution >= 4 is 8.56 Å². The number of aryl methyl sites for hydroxylation is 1. The van der Waals surface area contributed by atoms with Gasteiger partial charge in [0.25, 0.3) is 0 Å². The molecule has 1 aromatic rings. The van der Waals surface area contributed by atoms with Gasteiger partial charge in [-0.25, -0.2) is 0 Å². The van der Waals surface area contributed by atoms with Crippen LogP contribution in [-0.4, -0.2) is 20.8 Å². The summed E-state index contributed by atoms with van der Waals surface area (Å²) in [6, 6.07) is 10.7. The van der Waals surface area contributed by atoms with Crippen molar-refractivity contribution in [2.45, 2.75) is 70.8 Å². The molecular weight excluding hydrogens is 312 g/mol. The zero-order valence-corrected chi connectivity index (χ0v) is 16.7. The highest BCUT2D eigenvalue weighted by molar-refractivity contribution is 6.70. The van der Waals surface area contributed by atoms with E-state index in [-0.39, 0.29) is 12.2 Å². The van der Waals surface area contributed by atoms with E-state index < -0.39 is 8.56 Å². The first-order valence-electron chi connectivity index (χ1n) is 9.18. The van der Waals surface area contributed by atoms with Gasteiger partial charge in [-0.15, -0.1) is 0 Å². The monoisotopic (exact) mass is 344 g/mol. The minimum atomic E-state index is -2.30. The van der Waals surface area contributed by atoms with Crippen molar-refractivity contribution in [2.24, 2.45) is 0 Å². The normalized spacial score (nSPS) is 24.0. The molecular formula is C21H32O2Si. The second-order valence-electron chi connectivity index (χ2n) is 7.20. The van der Waals surface area contributed by atoms with Crippen LogP contribution in [0.5, 0.6) is 0 Å². The van der Waals surface area contributed by atoms with Crippen molar-refractivity contribution in [1.29, 1.82) is 0 Å². The minimum absolute atomic E-state index is 0.0354. The molecule has 0 N–H and O–H groups in total. The number of allylic oxidation sites excluding steroid dienone is 1. The molecule has 1 aliphatic rings.